The van der Waals surface area contributed by atoms with E-state index in [1.54, 1.807) is 12.1 Å². The van der Waals surface area contributed by atoms with Gasteiger partial charge >= 0.3 is 0 Å². The van der Waals surface area contributed by atoms with Crippen LogP contribution in [0.4, 0.5) is 0 Å². The summed E-state index contributed by atoms with van der Waals surface area (Å²) in [5.41, 5.74) is 1.77. The summed E-state index contributed by atoms with van der Waals surface area (Å²) < 4.78 is 11.0. The second-order valence-electron chi connectivity index (χ2n) is 6.02. The lowest BCUT2D eigenvalue weighted by molar-refractivity contribution is -0.133. The number of benzene rings is 2. The lowest BCUT2D eigenvalue weighted by Gasteiger charge is -2.22. The Hall–Kier alpha value is -2.41. The lowest BCUT2D eigenvalue weighted by atomic mass is 10.0. The summed E-state index contributed by atoms with van der Waals surface area (Å²) in [6, 6.07) is 16.2. The van der Waals surface area contributed by atoms with Crippen molar-refractivity contribution < 1.29 is 24.5 Å². The van der Waals surface area contributed by atoms with Crippen LogP contribution in [-0.4, -0.2) is 48.7 Å². The Morgan fingerprint density at radius 3 is 2.37 bits per heavy atom. The molecule has 0 saturated heterocycles. The second kappa shape index (κ2) is 11.3. The zero-order valence-corrected chi connectivity index (χ0v) is 15.5. The molecule has 6 nitrogen and oxygen atoms in total. The highest BCUT2D eigenvalue weighted by Crippen LogP contribution is 2.16. The number of aliphatic hydroxyl groups excluding tert-OH is 2. The average molecular weight is 373 g/mol. The van der Waals surface area contributed by atoms with Gasteiger partial charge in [0.2, 0.25) is 5.91 Å². The molecule has 0 unspecified atom stereocenters. The van der Waals surface area contributed by atoms with Crippen molar-refractivity contribution in [2.45, 2.75) is 25.5 Å². The predicted octanol–water partition coefficient (Wildman–Crippen LogP) is 1.86. The standard InChI is InChI=1S/C21H27NO5/c1-2-26-20(14-16-8-10-18(11-9-16)27-13-12-23)21(25)22-19(15-24)17-6-4-3-5-7-17/h3-11,19-20,23-24H,2,12-15H2,1H3,(H,22,25)/t19-,20-/m0/s1. The number of ether oxygens (including phenoxy) is 2. The van der Waals surface area contributed by atoms with Crippen molar-refractivity contribution in [2.75, 3.05) is 26.4 Å². The molecule has 27 heavy (non-hydrogen) atoms. The van der Waals surface area contributed by atoms with E-state index in [1.165, 1.54) is 0 Å². The van der Waals surface area contributed by atoms with E-state index in [4.69, 9.17) is 14.6 Å². The van der Waals surface area contributed by atoms with E-state index in [1.807, 2.05) is 49.4 Å². The minimum Gasteiger partial charge on any atom is -0.491 e. The van der Waals surface area contributed by atoms with Crippen LogP contribution >= 0.6 is 0 Å². The third-order valence-corrected chi connectivity index (χ3v) is 4.07. The van der Waals surface area contributed by atoms with Crippen LogP contribution in [0.2, 0.25) is 0 Å². The number of amides is 1. The van der Waals surface area contributed by atoms with Gasteiger partial charge in [-0.25, -0.2) is 0 Å². The monoisotopic (exact) mass is 373 g/mol. The molecule has 0 fully saturated rings. The van der Waals surface area contributed by atoms with E-state index in [9.17, 15) is 9.90 Å². The molecule has 0 aliphatic rings. The first-order chi connectivity index (χ1) is 13.2. The molecule has 2 aromatic carbocycles. The zero-order valence-electron chi connectivity index (χ0n) is 15.5. The third kappa shape index (κ3) is 6.67. The minimum atomic E-state index is -0.656. The van der Waals surface area contributed by atoms with Crippen molar-refractivity contribution in [3.8, 4) is 5.75 Å². The highest BCUT2D eigenvalue weighted by atomic mass is 16.5. The van der Waals surface area contributed by atoms with Gasteiger partial charge in [0.05, 0.1) is 19.3 Å². The maximum atomic E-state index is 12.7. The van der Waals surface area contributed by atoms with Crippen molar-refractivity contribution >= 4 is 5.91 Å². The summed E-state index contributed by atoms with van der Waals surface area (Å²) in [5, 5.41) is 21.3. The highest BCUT2D eigenvalue weighted by Gasteiger charge is 2.23. The minimum absolute atomic E-state index is 0.0399. The smallest absolute Gasteiger partial charge is 0.250 e. The molecule has 1 amide bonds. The van der Waals surface area contributed by atoms with E-state index in [0.29, 0.717) is 18.8 Å². The molecule has 0 bridgehead atoms. The molecule has 0 radical (unpaired) electrons. The summed E-state index contributed by atoms with van der Waals surface area (Å²) in [5.74, 6) is 0.398. The van der Waals surface area contributed by atoms with Gasteiger partial charge < -0.3 is 25.0 Å². The van der Waals surface area contributed by atoms with Crippen LogP contribution in [0.25, 0.3) is 0 Å². The number of nitrogens with one attached hydrogen (secondary N) is 1. The van der Waals surface area contributed by atoms with E-state index in [2.05, 4.69) is 5.32 Å². The van der Waals surface area contributed by atoms with Crippen LogP contribution in [0.5, 0.6) is 5.75 Å². The first kappa shape index (κ1) is 20.9. The number of carbonyl (C=O) groups excluding carboxylic acids is 1. The summed E-state index contributed by atoms with van der Waals surface area (Å²) in [7, 11) is 0. The van der Waals surface area contributed by atoms with Gasteiger partial charge in [-0.05, 0) is 30.2 Å². The third-order valence-electron chi connectivity index (χ3n) is 4.07. The highest BCUT2D eigenvalue weighted by molar-refractivity contribution is 5.81. The fraction of sp³-hybridized carbons (Fsp3) is 0.381. The fourth-order valence-electron chi connectivity index (χ4n) is 2.71. The van der Waals surface area contributed by atoms with E-state index >= 15 is 0 Å². The van der Waals surface area contributed by atoms with Gasteiger partial charge in [-0.3, -0.25) is 4.79 Å². The summed E-state index contributed by atoms with van der Waals surface area (Å²) in [4.78, 5) is 12.7. The fourth-order valence-corrected chi connectivity index (χ4v) is 2.71. The first-order valence-corrected chi connectivity index (χ1v) is 9.08. The van der Waals surface area contributed by atoms with Gasteiger partial charge in [0, 0.05) is 13.0 Å². The van der Waals surface area contributed by atoms with Gasteiger partial charge in [-0.1, -0.05) is 42.5 Å². The van der Waals surface area contributed by atoms with Crippen LogP contribution in [0.1, 0.15) is 24.1 Å². The number of hydrogen-bond donors (Lipinski definition) is 3. The average Bonchev–Trinajstić information content (AvgIpc) is 2.71. The Morgan fingerprint density at radius 1 is 1.07 bits per heavy atom. The molecule has 3 N–H and O–H groups in total. The van der Waals surface area contributed by atoms with Crippen molar-refractivity contribution in [2.24, 2.45) is 0 Å². The first-order valence-electron chi connectivity index (χ1n) is 9.08. The Balaban J connectivity index is 2.01. The maximum Gasteiger partial charge on any atom is 0.250 e. The van der Waals surface area contributed by atoms with Gasteiger partial charge in [-0.15, -0.1) is 0 Å². The van der Waals surface area contributed by atoms with E-state index in [0.717, 1.165) is 11.1 Å². The van der Waals surface area contributed by atoms with Crippen LogP contribution in [0, 0.1) is 0 Å². The van der Waals surface area contributed by atoms with Crippen LogP contribution < -0.4 is 10.1 Å². The summed E-state index contributed by atoms with van der Waals surface area (Å²) in [6.45, 7) is 2.26. The van der Waals surface area contributed by atoms with E-state index in [-0.39, 0.29) is 25.7 Å². The molecular weight excluding hydrogens is 346 g/mol. The molecule has 0 aliphatic heterocycles. The number of rotatable bonds is 11. The number of hydrogen-bond acceptors (Lipinski definition) is 5. The molecule has 2 rings (SSSR count). The van der Waals surface area contributed by atoms with Crippen molar-refractivity contribution in [3.05, 3.63) is 65.7 Å². The Morgan fingerprint density at radius 2 is 1.78 bits per heavy atom. The Bertz CT molecular complexity index is 675. The van der Waals surface area contributed by atoms with Crippen molar-refractivity contribution in [1.82, 2.24) is 5.32 Å². The van der Waals surface area contributed by atoms with Crippen molar-refractivity contribution in [3.63, 3.8) is 0 Å². The molecule has 2 aromatic rings. The molecule has 146 valence electrons. The summed E-state index contributed by atoms with van der Waals surface area (Å²) in [6.07, 6.45) is -0.246. The molecule has 0 spiro atoms. The maximum absolute atomic E-state index is 12.7. The van der Waals surface area contributed by atoms with Gasteiger partial charge in [0.25, 0.3) is 0 Å². The quantitative estimate of drug-likeness (QED) is 0.560. The van der Waals surface area contributed by atoms with Gasteiger partial charge in [0.1, 0.15) is 18.5 Å². The molecule has 0 heterocycles. The number of carbonyl (C=O) groups is 1. The lowest BCUT2D eigenvalue weighted by Crippen LogP contribution is -2.41. The van der Waals surface area contributed by atoms with Crippen molar-refractivity contribution in [1.29, 1.82) is 0 Å². The van der Waals surface area contributed by atoms with E-state index < -0.39 is 12.1 Å². The SMILES string of the molecule is CCO[C@@H](Cc1ccc(OCCO)cc1)C(=O)N[C@@H](CO)c1ccccc1. The van der Waals surface area contributed by atoms with Crippen LogP contribution in [-0.2, 0) is 16.0 Å². The van der Waals surface area contributed by atoms with Crippen LogP contribution in [0.15, 0.2) is 54.6 Å². The molecule has 2 atom stereocenters. The Labute approximate surface area is 159 Å². The zero-order chi connectivity index (χ0) is 19.5. The van der Waals surface area contributed by atoms with Gasteiger partial charge in [0.15, 0.2) is 0 Å². The molecular formula is C21H27NO5. The topological polar surface area (TPSA) is 88.0 Å². The summed E-state index contributed by atoms with van der Waals surface area (Å²) >= 11 is 0. The molecule has 0 aliphatic carbocycles. The number of aliphatic hydroxyl groups is 2. The van der Waals surface area contributed by atoms with Gasteiger partial charge in [-0.2, -0.15) is 0 Å². The molecule has 0 aromatic heterocycles. The predicted molar refractivity (Wildman–Crippen MR) is 103 cm³/mol. The largest absolute Gasteiger partial charge is 0.491 e. The van der Waals surface area contributed by atoms with Crippen LogP contribution in [0.3, 0.4) is 0 Å². The molecule has 0 saturated carbocycles. The molecule has 6 heteroatoms. The second-order valence-corrected chi connectivity index (χ2v) is 6.02. The normalized spacial score (nSPS) is 13.0. The Kier molecular flexibility index (Phi) is 8.77.